The molecule has 0 radical (unpaired) electrons. The van der Waals surface area contributed by atoms with Gasteiger partial charge in [-0.2, -0.15) is 0 Å². The van der Waals surface area contributed by atoms with E-state index in [2.05, 4.69) is 0 Å². The van der Waals surface area contributed by atoms with Crippen molar-refractivity contribution in [3.05, 3.63) is 96.1 Å². The van der Waals surface area contributed by atoms with Crippen LogP contribution in [0.4, 0.5) is 0 Å². The van der Waals surface area contributed by atoms with Crippen molar-refractivity contribution in [3.63, 3.8) is 0 Å². The van der Waals surface area contributed by atoms with Crippen LogP contribution < -0.4 is 4.74 Å². The summed E-state index contributed by atoms with van der Waals surface area (Å²) in [5, 5.41) is 43.2. The van der Waals surface area contributed by atoms with Crippen molar-refractivity contribution in [1.82, 2.24) is 0 Å². The summed E-state index contributed by atoms with van der Waals surface area (Å²) in [7, 11) is 0. The Morgan fingerprint density at radius 1 is 0.606 bits per heavy atom. The van der Waals surface area contributed by atoms with Crippen LogP contribution in [-0.2, 0) is 12.8 Å². The number of phenols is 4. The Morgan fingerprint density at radius 3 is 2.12 bits per heavy atom. The highest BCUT2D eigenvalue weighted by atomic mass is 16.5. The molecule has 0 heterocycles. The van der Waals surface area contributed by atoms with Crippen LogP contribution in [0.25, 0.3) is 21.5 Å². The van der Waals surface area contributed by atoms with Gasteiger partial charge >= 0.3 is 0 Å². The summed E-state index contributed by atoms with van der Waals surface area (Å²) >= 11 is 0. The zero-order valence-electron chi connectivity index (χ0n) is 17.7. The zero-order chi connectivity index (χ0) is 22.9. The summed E-state index contributed by atoms with van der Waals surface area (Å²) in [6.45, 7) is 0. The minimum Gasteiger partial charge on any atom is -0.508 e. The molecule has 0 spiro atoms. The third-order valence-electron chi connectivity index (χ3n) is 5.77. The predicted molar refractivity (Wildman–Crippen MR) is 128 cm³/mol. The lowest BCUT2D eigenvalue weighted by atomic mass is 10.00. The van der Waals surface area contributed by atoms with Gasteiger partial charge in [0.05, 0.1) is 0 Å². The maximum absolute atomic E-state index is 10.6. The van der Waals surface area contributed by atoms with Gasteiger partial charge in [-0.25, -0.2) is 0 Å². The third kappa shape index (κ3) is 4.08. The maximum atomic E-state index is 10.6. The van der Waals surface area contributed by atoms with Gasteiger partial charge in [0, 0.05) is 5.39 Å². The molecular weight excluding hydrogens is 416 g/mol. The molecular formula is C28H22O5. The molecule has 5 heteroatoms. The number of benzene rings is 5. The third-order valence-corrected chi connectivity index (χ3v) is 5.77. The van der Waals surface area contributed by atoms with E-state index in [0.717, 1.165) is 34.7 Å². The molecule has 5 nitrogen and oxygen atoms in total. The monoisotopic (exact) mass is 438 g/mol. The van der Waals surface area contributed by atoms with Crippen LogP contribution in [-0.4, -0.2) is 20.4 Å². The molecule has 0 aliphatic carbocycles. The number of ether oxygens (including phenoxy) is 1. The minimum atomic E-state index is -0.337. The van der Waals surface area contributed by atoms with Gasteiger partial charge in [0.25, 0.3) is 0 Å². The smallest absolute Gasteiger partial charge is 0.201 e. The molecule has 0 fully saturated rings. The van der Waals surface area contributed by atoms with Crippen LogP contribution in [0.15, 0.2) is 84.9 Å². The highest BCUT2D eigenvalue weighted by Crippen LogP contribution is 2.46. The maximum Gasteiger partial charge on any atom is 0.201 e. The largest absolute Gasteiger partial charge is 0.508 e. The quantitative estimate of drug-likeness (QED) is 0.188. The number of aryl methyl sites for hydroxylation is 2. The van der Waals surface area contributed by atoms with E-state index in [0.29, 0.717) is 16.5 Å². The molecule has 0 aromatic heterocycles. The Balaban J connectivity index is 1.46. The van der Waals surface area contributed by atoms with Gasteiger partial charge in [0.1, 0.15) is 17.2 Å². The van der Waals surface area contributed by atoms with E-state index < -0.39 is 0 Å². The van der Waals surface area contributed by atoms with E-state index in [-0.39, 0.29) is 28.7 Å². The Labute approximate surface area is 190 Å². The van der Waals surface area contributed by atoms with Gasteiger partial charge in [0.15, 0.2) is 11.5 Å². The number of phenolic OH excluding ortho intramolecular Hbond substituents is 4. The average Bonchev–Trinajstić information content (AvgIpc) is 2.81. The summed E-state index contributed by atoms with van der Waals surface area (Å²) < 4.78 is 6.07. The SMILES string of the molecule is Oc1cccc(CCc2ccc(Oc3c(O)c(O)cc4ccc5cc(O)ccc5c34)cc2)c1. The first-order valence-electron chi connectivity index (χ1n) is 10.6. The second kappa shape index (κ2) is 8.28. The number of aromatic hydroxyl groups is 4. The van der Waals surface area contributed by atoms with Crippen LogP contribution in [0.3, 0.4) is 0 Å². The topological polar surface area (TPSA) is 90.2 Å². The summed E-state index contributed by atoms with van der Waals surface area (Å²) in [6, 6.07) is 24.9. The van der Waals surface area contributed by atoms with E-state index in [1.165, 1.54) is 6.07 Å². The van der Waals surface area contributed by atoms with Gasteiger partial charge in [-0.05, 0) is 88.7 Å². The van der Waals surface area contributed by atoms with E-state index in [9.17, 15) is 20.4 Å². The van der Waals surface area contributed by atoms with Gasteiger partial charge < -0.3 is 25.2 Å². The molecule has 0 aliphatic rings. The molecule has 5 rings (SSSR count). The number of fused-ring (bicyclic) bond motifs is 3. The van der Waals surface area contributed by atoms with Crippen LogP contribution in [0.2, 0.25) is 0 Å². The Kier molecular flexibility index (Phi) is 5.15. The number of rotatable bonds is 5. The standard InChI is InChI=1S/C28H22O5/c29-21-3-1-2-18(14-21)5-4-17-6-11-23(12-7-17)33-28-26-20(16-25(31)27(28)32)9-8-19-15-22(30)10-13-24(19)26/h1-3,6-16,29-32H,4-5H2. The lowest BCUT2D eigenvalue weighted by Gasteiger charge is -2.15. The average molecular weight is 438 g/mol. The fourth-order valence-electron chi connectivity index (χ4n) is 4.10. The molecule has 0 atom stereocenters. The van der Waals surface area contributed by atoms with Crippen LogP contribution in [0.5, 0.6) is 34.5 Å². The minimum absolute atomic E-state index is 0.147. The molecule has 0 aliphatic heterocycles. The molecule has 0 saturated carbocycles. The van der Waals surface area contributed by atoms with Crippen LogP contribution in [0.1, 0.15) is 11.1 Å². The normalized spacial score (nSPS) is 11.2. The highest BCUT2D eigenvalue weighted by molar-refractivity contribution is 6.12. The second-order valence-electron chi connectivity index (χ2n) is 8.06. The first kappa shape index (κ1) is 20.5. The highest BCUT2D eigenvalue weighted by Gasteiger charge is 2.17. The van der Waals surface area contributed by atoms with E-state index >= 15 is 0 Å². The van der Waals surface area contributed by atoms with Gasteiger partial charge in [-0.3, -0.25) is 0 Å². The predicted octanol–water partition coefficient (Wildman–Crippen LogP) is 6.39. The van der Waals surface area contributed by atoms with Crippen molar-refractivity contribution in [2.75, 3.05) is 0 Å². The van der Waals surface area contributed by atoms with Gasteiger partial charge in [0.2, 0.25) is 5.75 Å². The molecule has 33 heavy (non-hydrogen) atoms. The van der Waals surface area contributed by atoms with E-state index in [1.54, 1.807) is 30.3 Å². The van der Waals surface area contributed by atoms with Gasteiger partial charge in [-0.15, -0.1) is 0 Å². The van der Waals surface area contributed by atoms with Crippen LogP contribution in [0, 0.1) is 0 Å². The van der Waals surface area contributed by atoms with Crippen molar-refractivity contribution in [1.29, 1.82) is 0 Å². The Hall–Kier alpha value is -4.38. The first-order valence-corrected chi connectivity index (χ1v) is 10.6. The Morgan fingerprint density at radius 2 is 1.33 bits per heavy atom. The summed E-state index contributed by atoms with van der Waals surface area (Å²) in [5.41, 5.74) is 2.17. The van der Waals surface area contributed by atoms with Crippen molar-refractivity contribution < 1.29 is 25.2 Å². The van der Waals surface area contributed by atoms with E-state index in [1.807, 2.05) is 48.5 Å². The summed E-state index contributed by atoms with van der Waals surface area (Å²) in [5.74, 6) is 0.489. The molecule has 0 unspecified atom stereocenters. The first-order chi connectivity index (χ1) is 16.0. The molecule has 0 saturated heterocycles. The van der Waals surface area contributed by atoms with Crippen molar-refractivity contribution in [2.24, 2.45) is 0 Å². The van der Waals surface area contributed by atoms with Crippen molar-refractivity contribution in [2.45, 2.75) is 12.8 Å². The van der Waals surface area contributed by atoms with Crippen molar-refractivity contribution >= 4 is 21.5 Å². The molecule has 5 aromatic carbocycles. The zero-order valence-corrected chi connectivity index (χ0v) is 17.7. The lowest BCUT2D eigenvalue weighted by Crippen LogP contribution is -1.92. The number of hydrogen-bond donors (Lipinski definition) is 4. The van der Waals surface area contributed by atoms with Gasteiger partial charge in [-0.1, -0.05) is 36.4 Å². The fraction of sp³-hybridized carbons (Fsp3) is 0.0714. The molecule has 4 N–H and O–H groups in total. The lowest BCUT2D eigenvalue weighted by molar-refractivity contribution is 0.376. The number of hydrogen-bond acceptors (Lipinski definition) is 5. The second-order valence-corrected chi connectivity index (χ2v) is 8.06. The summed E-state index contributed by atoms with van der Waals surface area (Å²) in [6.07, 6.45) is 1.60. The van der Waals surface area contributed by atoms with Crippen molar-refractivity contribution in [3.8, 4) is 34.5 Å². The fourth-order valence-corrected chi connectivity index (χ4v) is 4.10. The van der Waals surface area contributed by atoms with E-state index in [4.69, 9.17) is 4.74 Å². The molecule has 5 aromatic rings. The summed E-state index contributed by atoms with van der Waals surface area (Å²) in [4.78, 5) is 0. The molecule has 164 valence electrons. The van der Waals surface area contributed by atoms with Crippen LogP contribution >= 0.6 is 0 Å². The Bertz CT molecular complexity index is 1470. The molecule has 0 amide bonds. The molecule has 0 bridgehead atoms.